The molecule has 17 heavy (non-hydrogen) atoms. The molecule has 2 aliphatic rings. The minimum Gasteiger partial charge on any atom is -0.480 e. The van der Waals surface area contributed by atoms with Crippen LogP contribution in [-0.2, 0) is 14.3 Å². The molecule has 7 heteroatoms. The quantitative estimate of drug-likeness (QED) is 0.573. The fourth-order valence-corrected chi connectivity index (χ4v) is 4.91. The number of carbonyl (C=O) groups is 2. The third-order valence-corrected chi connectivity index (χ3v) is 5.98. The number of nitrogens with zero attached hydrogens (tertiary/aromatic N) is 1. The maximum atomic E-state index is 11.4. The number of fused-ring (bicyclic) bond motifs is 1. The summed E-state index contributed by atoms with van der Waals surface area (Å²) in [6.45, 7) is 3.41. The fourth-order valence-electron chi connectivity index (χ4n) is 1.87. The van der Waals surface area contributed by atoms with Gasteiger partial charge >= 0.3 is 5.97 Å². The second kappa shape index (κ2) is 5.07. The van der Waals surface area contributed by atoms with Crippen molar-refractivity contribution in [2.45, 2.75) is 22.8 Å². The van der Waals surface area contributed by atoms with Crippen molar-refractivity contribution in [3.63, 3.8) is 0 Å². The zero-order valence-electron chi connectivity index (χ0n) is 9.55. The molecule has 2 fully saturated rings. The molecular weight excluding hydrogens is 262 g/mol. The highest BCUT2D eigenvalue weighted by atomic mass is 32.2. The maximum absolute atomic E-state index is 11.4. The second-order valence-corrected chi connectivity index (χ2v) is 7.03. The highest BCUT2D eigenvalue weighted by Gasteiger charge is 2.57. The van der Waals surface area contributed by atoms with E-state index < -0.39 is 10.0 Å². The van der Waals surface area contributed by atoms with Gasteiger partial charge in [0.1, 0.15) is 0 Å². The molecule has 1 amide bonds. The molecule has 0 bridgehead atoms. The van der Waals surface area contributed by atoms with Gasteiger partial charge in [-0.3, -0.25) is 4.79 Å². The normalized spacial score (nSPS) is 31.2. The monoisotopic (exact) mass is 277 g/mol. The number of β-lactam (4-membered cyclic amide) rings is 1. The molecule has 1 unspecified atom stereocenters. The van der Waals surface area contributed by atoms with Crippen LogP contribution in [0.1, 0.15) is 13.3 Å². The smallest absolute Gasteiger partial charge is 0.332 e. The van der Waals surface area contributed by atoms with Crippen LogP contribution in [0.4, 0.5) is 0 Å². The molecule has 2 atom stereocenters. The molecule has 0 aromatic carbocycles. The Morgan fingerprint density at radius 1 is 1.76 bits per heavy atom. The van der Waals surface area contributed by atoms with E-state index in [1.165, 1.54) is 23.5 Å². The number of hydrogen-bond donors (Lipinski definition) is 1. The van der Waals surface area contributed by atoms with Crippen molar-refractivity contribution in [1.82, 2.24) is 4.90 Å². The maximum Gasteiger partial charge on any atom is 0.332 e. The van der Waals surface area contributed by atoms with Crippen LogP contribution in [0.3, 0.4) is 0 Å². The first-order valence-electron chi connectivity index (χ1n) is 5.51. The Bertz CT molecular complexity index is 338. The van der Waals surface area contributed by atoms with Crippen molar-refractivity contribution < 1.29 is 19.4 Å². The van der Waals surface area contributed by atoms with Crippen LogP contribution in [0.2, 0.25) is 0 Å². The third-order valence-electron chi connectivity index (χ3n) is 2.81. The van der Waals surface area contributed by atoms with Gasteiger partial charge in [0.15, 0.2) is 4.08 Å². The molecule has 0 aliphatic carbocycles. The van der Waals surface area contributed by atoms with Gasteiger partial charge in [-0.2, -0.15) is 0 Å². The zero-order chi connectivity index (χ0) is 12.5. The summed E-state index contributed by atoms with van der Waals surface area (Å²) in [6, 6.07) is 0. The molecule has 2 rings (SSSR count). The van der Waals surface area contributed by atoms with E-state index in [2.05, 4.69) is 0 Å². The lowest BCUT2D eigenvalue weighted by atomic mass is 10.2. The Morgan fingerprint density at radius 2 is 2.53 bits per heavy atom. The van der Waals surface area contributed by atoms with E-state index in [1.54, 1.807) is 4.90 Å². The number of aliphatic carboxylic acids is 1. The van der Waals surface area contributed by atoms with E-state index >= 15 is 0 Å². The standard InChI is InChI=1S/C10H15NO4S2/c1-2-15-3-4-16-10(9(13)14)6-11-7(12)5-8(11)17-10/h8H,2-6H2,1H3,(H,13,14)/t8-,10?/m1/s1. The molecule has 0 saturated carbocycles. The topological polar surface area (TPSA) is 66.8 Å². The molecule has 2 heterocycles. The van der Waals surface area contributed by atoms with Crippen LogP contribution in [0.15, 0.2) is 0 Å². The van der Waals surface area contributed by atoms with Gasteiger partial charge in [0.05, 0.1) is 24.9 Å². The average Bonchev–Trinajstić information content (AvgIpc) is 2.59. The Morgan fingerprint density at radius 3 is 3.06 bits per heavy atom. The minimum absolute atomic E-state index is 0.0658. The van der Waals surface area contributed by atoms with Crippen molar-refractivity contribution in [1.29, 1.82) is 0 Å². The van der Waals surface area contributed by atoms with Crippen molar-refractivity contribution in [3.05, 3.63) is 0 Å². The van der Waals surface area contributed by atoms with E-state index in [0.29, 0.717) is 31.9 Å². The number of ether oxygens (including phenoxy) is 1. The lowest BCUT2D eigenvalue weighted by molar-refractivity contribution is -0.142. The summed E-state index contributed by atoms with van der Waals surface area (Å²) >= 11 is 2.76. The average molecular weight is 277 g/mol. The Labute approximate surface area is 108 Å². The first kappa shape index (κ1) is 13.0. The SMILES string of the molecule is CCOCCSC1(C(=O)O)CN2C(=O)C[C@H]2S1. The van der Waals surface area contributed by atoms with Gasteiger partial charge in [-0.25, -0.2) is 4.79 Å². The Balaban J connectivity index is 1.93. The molecule has 2 saturated heterocycles. The molecule has 0 radical (unpaired) electrons. The highest BCUT2D eigenvalue weighted by molar-refractivity contribution is 8.19. The molecule has 2 aliphatic heterocycles. The van der Waals surface area contributed by atoms with E-state index in [0.717, 1.165) is 0 Å². The number of rotatable bonds is 6. The lowest BCUT2D eigenvalue weighted by Gasteiger charge is -2.32. The molecule has 0 spiro atoms. The van der Waals surface area contributed by atoms with Crippen LogP contribution >= 0.6 is 23.5 Å². The number of carbonyl (C=O) groups excluding carboxylic acids is 1. The number of amides is 1. The van der Waals surface area contributed by atoms with Gasteiger partial charge in [-0.15, -0.1) is 23.5 Å². The number of carboxylic acid groups (broad SMARTS) is 1. The predicted octanol–water partition coefficient (Wildman–Crippen LogP) is 0.842. The van der Waals surface area contributed by atoms with Gasteiger partial charge in [0.25, 0.3) is 0 Å². The third kappa shape index (κ3) is 2.41. The zero-order valence-corrected chi connectivity index (χ0v) is 11.2. The van der Waals surface area contributed by atoms with Crippen molar-refractivity contribution in [2.75, 3.05) is 25.5 Å². The molecule has 5 nitrogen and oxygen atoms in total. The van der Waals surface area contributed by atoms with Gasteiger partial charge < -0.3 is 14.7 Å². The first-order chi connectivity index (χ1) is 8.09. The van der Waals surface area contributed by atoms with Gasteiger partial charge in [-0.05, 0) is 6.92 Å². The first-order valence-corrected chi connectivity index (χ1v) is 7.38. The molecular formula is C10H15NO4S2. The van der Waals surface area contributed by atoms with E-state index in [-0.39, 0.29) is 11.3 Å². The molecule has 96 valence electrons. The summed E-state index contributed by atoms with van der Waals surface area (Å²) in [7, 11) is 0. The molecule has 1 N–H and O–H groups in total. The largest absolute Gasteiger partial charge is 0.480 e. The van der Waals surface area contributed by atoms with Crippen LogP contribution < -0.4 is 0 Å². The minimum atomic E-state index is -0.895. The summed E-state index contributed by atoms with van der Waals surface area (Å²) < 4.78 is 4.31. The number of carboxylic acids is 1. The second-order valence-electron chi connectivity index (χ2n) is 3.90. The van der Waals surface area contributed by atoms with Gasteiger partial charge in [-0.1, -0.05) is 0 Å². The van der Waals surface area contributed by atoms with Crippen LogP contribution in [-0.4, -0.2) is 56.8 Å². The summed E-state index contributed by atoms with van der Waals surface area (Å²) in [4.78, 5) is 24.3. The van der Waals surface area contributed by atoms with Crippen LogP contribution in [0.5, 0.6) is 0 Å². The summed E-state index contributed by atoms with van der Waals surface area (Å²) in [6.07, 6.45) is 0.478. The molecule has 0 aromatic rings. The number of thioether (sulfide) groups is 2. The van der Waals surface area contributed by atoms with Crippen molar-refractivity contribution in [3.8, 4) is 0 Å². The van der Waals surface area contributed by atoms with Crippen LogP contribution in [0.25, 0.3) is 0 Å². The highest BCUT2D eigenvalue weighted by Crippen LogP contribution is 2.52. The van der Waals surface area contributed by atoms with Gasteiger partial charge in [0.2, 0.25) is 5.91 Å². The van der Waals surface area contributed by atoms with Crippen LogP contribution in [0, 0.1) is 0 Å². The van der Waals surface area contributed by atoms with Crippen molar-refractivity contribution >= 4 is 35.4 Å². The summed E-state index contributed by atoms with van der Waals surface area (Å²) in [5.41, 5.74) is 0. The Hall–Kier alpha value is -0.400. The summed E-state index contributed by atoms with van der Waals surface area (Å²) in [5, 5.41) is 9.42. The Kier molecular flexibility index (Phi) is 3.89. The predicted molar refractivity (Wildman–Crippen MR) is 67.0 cm³/mol. The number of hydrogen-bond acceptors (Lipinski definition) is 5. The van der Waals surface area contributed by atoms with E-state index in [4.69, 9.17) is 4.74 Å². The molecule has 0 aromatic heterocycles. The fraction of sp³-hybridized carbons (Fsp3) is 0.800. The van der Waals surface area contributed by atoms with Crippen molar-refractivity contribution in [2.24, 2.45) is 0 Å². The van der Waals surface area contributed by atoms with E-state index in [9.17, 15) is 14.7 Å². The lowest BCUT2D eigenvalue weighted by Crippen LogP contribution is -2.48. The van der Waals surface area contributed by atoms with Gasteiger partial charge in [0, 0.05) is 12.4 Å². The van der Waals surface area contributed by atoms with E-state index in [1.807, 2.05) is 6.92 Å². The summed E-state index contributed by atoms with van der Waals surface area (Å²) in [5.74, 6) is -0.135.